The topological polar surface area (TPSA) is 32.3 Å². The summed E-state index contributed by atoms with van der Waals surface area (Å²) in [4.78, 5) is 14.2. The van der Waals surface area contributed by atoms with Gasteiger partial charge in [0.25, 0.3) is 0 Å². The number of hydrogen-bond acceptors (Lipinski definition) is 2. The van der Waals surface area contributed by atoms with Gasteiger partial charge in [0.15, 0.2) is 0 Å². The first-order valence-electron chi connectivity index (χ1n) is 6.72. The minimum atomic E-state index is 0.283. The zero-order chi connectivity index (χ0) is 13.0. The minimum Gasteiger partial charge on any atom is -0.337 e. The average Bonchev–Trinajstić information content (AvgIpc) is 2.37. The van der Waals surface area contributed by atoms with Crippen LogP contribution >= 0.6 is 0 Å². The minimum absolute atomic E-state index is 0.283. The van der Waals surface area contributed by atoms with E-state index < -0.39 is 0 Å². The van der Waals surface area contributed by atoms with Gasteiger partial charge in [-0.2, -0.15) is 0 Å². The molecule has 1 heterocycles. The summed E-state index contributed by atoms with van der Waals surface area (Å²) in [6.45, 7) is 6.87. The maximum absolute atomic E-state index is 12.2. The van der Waals surface area contributed by atoms with Crippen LogP contribution < -0.4 is 5.32 Å². The molecule has 1 fully saturated rings. The van der Waals surface area contributed by atoms with Crippen molar-refractivity contribution in [3.05, 3.63) is 35.4 Å². The number of benzene rings is 1. The molecule has 1 aromatic rings. The smallest absolute Gasteiger partial charge is 0.223 e. The number of carbonyl (C=O) groups is 1. The molecule has 0 spiro atoms. The first-order chi connectivity index (χ1) is 8.66. The predicted molar refractivity (Wildman–Crippen MR) is 73.5 cm³/mol. The Morgan fingerprint density at radius 3 is 3.06 bits per heavy atom. The molecule has 1 amide bonds. The summed E-state index contributed by atoms with van der Waals surface area (Å²) in [5.41, 5.74) is 2.52. The lowest BCUT2D eigenvalue weighted by Gasteiger charge is -2.34. The van der Waals surface area contributed by atoms with Gasteiger partial charge in [0.2, 0.25) is 5.91 Å². The number of rotatable bonds is 3. The third-order valence-corrected chi connectivity index (χ3v) is 3.53. The summed E-state index contributed by atoms with van der Waals surface area (Å²) in [7, 11) is 0. The van der Waals surface area contributed by atoms with Crippen molar-refractivity contribution in [2.75, 3.05) is 19.6 Å². The third kappa shape index (κ3) is 3.33. The lowest BCUT2D eigenvalue weighted by Crippen LogP contribution is -2.52. The Hall–Kier alpha value is -1.35. The normalized spacial score (nSPS) is 19.9. The Bertz CT molecular complexity index is 417. The summed E-state index contributed by atoms with van der Waals surface area (Å²) in [6, 6.07) is 8.73. The third-order valence-electron chi connectivity index (χ3n) is 3.53. The molecule has 0 unspecified atom stereocenters. The zero-order valence-corrected chi connectivity index (χ0v) is 11.3. The van der Waals surface area contributed by atoms with Crippen LogP contribution in [0.15, 0.2) is 24.3 Å². The van der Waals surface area contributed by atoms with Crippen LogP contribution in [0.3, 0.4) is 0 Å². The SMILES string of the molecule is Cc1cccc(CCC(=O)N2CCNC[C@@H]2C)c1. The first kappa shape index (κ1) is 13.1. The molecule has 0 saturated carbocycles. The lowest BCUT2D eigenvalue weighted by atomic mass is 10.1. The van der Waals surface area contributed by atoms with Crippen LogP contribution in [0.4, 0.5) is 0 Å². The van der Waals surface area contributed by atoms with Gasteiger partial charge >= 0.3 is 0 Å². The Kier molecular flexibility index (Phi) is 4.37. The number of nitrogens with one attached hydrogen (secondary N) is 1. The van der Waals surface area contributed by atoms with Crippen molar-refractivity contribution in [2.45, 2.75) is 32.7 Å². The zero-order valence-electron chi connectivity index (χ0n) is 11.3. The number of piperazine rings is 1. The van der Waals surface area contributed by atoms with Gasteiger partial charge in [-0.15, -0.1) is 0 Å². The first-order valence-corrected chi connectivity index (χ1v) is 6.72. The van der Waals surface area contributed by atoms with Crippen LogP contribution in [-0.2, 0) is 11.2 Å². The van der Waals surface area contributed by atoms with Gasteiger partial charge < -0.3 is 10.2 Å². The van der Waals surface area contributed by atoms with Crippen LogP contribution in [0.5, 0.6) is 0 Å². The fourth-order valence-corrected chi connectivity index (χ4v) is 2.47. The number of aryl methyl sites for hydroxylation is 2. The predicted octanol–water partition coefficient (Wildman–Crippen LogP) is 1.75. The van der Waals surface area contributed by atoms with E-state index in [9.17, 15) is 4.79 Å². The van der Waals surface area contributed by atoms with Crippen LogP contribution in [0.1, 0.15) is 24.5 Å². The van der Waals surface area contributed by atoms with Gasteiger partial charge in [-0.3, -0.25) is 4.79 Å². The fraction of sp³-hybridized carbons (Fsp3) is 0.533. The number of carbonyl (C=O) groups excluding carboxylic acids is 1. The number of nitrogens with zero attached hydrogens (tertiary/aromatic N) is 1. The molecule has 1 aliphatic heterocycles. The molecular formula is C15H22N2O. The monoisotopic (exact) mass is 246 g/mol. The number of amides is 1. The van der Waals surface area contributed by atoms with Crippen LogP contribution in [0.2, 0.25) is 0 Å². The van der Waals surface area contributed by atoms with Crippen LogP contribution in [0, 0.1) is 6.92 Å². The second kappa shape index (κ2) is 6.01. The van der Waals surface area contributed by atoms with E-state index in [0.29, 0.717) is 12.5 Å². The molecule has 1 saturated heterocycles. The maximum atomic E-state index is 12.2. The highest BCUT2D eigenvalue weighted by Crippen LogP contribution is 2.10. The Labute approximate surface area is 109 Å². The molecule has 0 aliphatic carbocycles. The Morgan fingerprint density at radius 2 is 2.33 bits per heavy atom. The summed E-state index contributed by atoms with van der Waals surface area (Å²) >= 11 is 0. The van der Waals surface area contributed by atoms with Crippen molar-refractivity contribution in [1.82, 2.24) is 10.2 Å². The lowest BCUT2D eigenvalue weighted by molar-refractivity contribution is -0.133. The van der Waals surface area contributed by atoms with Gasteiger partial charge in [0.05, 0.1) is 0 Å². The van der Waals surface area contributed by atoms with Crippen molar-refractivity contribution in [1.29, 1.82) is 0 Å². The molecule has 98 valence electrons. The van der Waals surface area contributed by atoms with Crippen LogP contribution in [0.25, 0.3) is 0 Å². The molecule has 0 aromatic heterocycles. The van der Waals surface area contributed by atoms with Crippen molar-refractivity contribution in [3.8, 4) is 0 Å². The fourth-order valence-electron chi connectivity index (χ4n) is 2.47. The highest BCUT2D eigenvalue weighted by molar-refractivity contribution is 5.77. The van der Waals surface area contributed by atoms with E-state index in [1.54, 1.807) is 0 Å². The molecule has 3 nitrogen and oxygen atoms in total. The molecule has 18 heavy (non-hydrogen) atoms. The van der Waals surface area contributed by atoms with E-state index in [1.165, 1.54) is 11.1 Å². The van der Waals surface area contributed by atoms with Crippen molar-refractivity contribution in [3.63, 3.8) is 0 Å². The molecule has 2 rings (SSSR count). The molecule has 1 N–H and O–H groups in total. The summed E-state index contributed by atoms with van der Waals surface area (Å²) in [6.07, 6.45) is 1.46. The van der Waals surface area contributed by atoms with Crippen molar-refractivity contribution < 1.29 is 4.79 Å². The molecule has 1 aliphatic rings. The summed E-state index contributed by atoms with van der Waals surface area (Å²) in [5, 5.41) is 3.31. The molecule has 1 aromatic carbocycles. The van der Waals surface area contributed by atoms with Gasteiger partial charge in [-0.25, -0.2) is 0 Å². The van der Waals surface area contributed by atoms with E-state index in [2.05, 4.69) is 43.4 Å². The molecule has 0 radical (unpaired) electrons. The number of hydrogen-bond donors (Lipinski definition) is 1. The summed E-state index contributed by atoms with van der Waals surface area (Å²) < 4.78 is 0. The standard InChI is InChI=1S/C15H22N2O/c1-12-4-3-5-14(10-12)6-7-15(18)17-9-8-16-11-13(17)2/h3-5,10,13,16H,6-9,11H2,1-2H3/t13-/m0/s1. The molecule has 0 bridgehead atoms. The highest BCUT2D eigenvalue weighted by atomic mass is 16.2. The average molecular weight is 246 g/mol. The molecule has 1 atom stereocenters. The largest absolute Gasteiger partial charge is 0.337 e. The molecular weight excluding hydrogens is 224 g/mol. The van der Waals surface area contributed by atoms with Gasteiger partial charge in [0.1, 0.15) is 0 Å². The van der Waals surface area contributed by atoms with E-state index in [1.807, 2.05) is 4.90 Å². The second-order valence-electron chi connectivity index (χ2n) is 5.13. The summed E-state index contributed by atoms with van der Waals surface area (Å²) in [5.74, 6) is 0.283. The quantitative estimate of drug-likeness (QED) is 0.881. The Morgan fingerprint density at radius 1 is 1.50 bits per heavy atom. The van der Waals surface area contributed by atoms with E-state index in [0.717, 1.165) is 26.1 Å². The van der Waals surface area contributed by atoms with Crippen molar-refractivity contribution >= 4 is 5.91 Å². The van der Waals surface area contributed by atoms with Gasteiger partial charge in [-0.05, 0) is 25.8 Å². The van der Waals surface area contributed by atoms with Crippen molar-refractivity contribution in [2.24, 2.45) is 0 Å². The van der Waals surface area contributed by atoms with Crippen LogP contribution in [-0.4, -0.2) is 36.5 Å². The second-order valence-corrected chi connectivity index (χ2v) is 5.13. The maximum Gasteiger partial charge on any atom is 0.223 e. The van der Waals surface area contributed by atoms with E-state index >= 15 is 0 Å². The molecule has 3 heteroatoms. The van der Waals surface area contributed by atoms with Gasteiger partial charge in [-0.1, -0.05) is 29.8 Å². The Balaban J connectivity index is 1.88. The highest BCUT2D eigenvalue weighted by Gasteiger charge is 2.22. The van der Waals surface area contributed by atoms with E-state index in [-0.39, 0.29) is 5.91 Å². The van der Waals surface area contributed by atoms with E-state index in [4.69, 9.17) is 0 Å². The van der Waals surface area contributed by atoms with Gasteiger partial charge in [0, 0.05) is 32.1 Å².